The third kappa shape index (κ3) is 6.94. The average Bonchev–Trinajstić information content (AvgIpc) is 2.19. The van der Waals surface area contributed by atoms with Crippen LogP contribution in [-0.2, 0) is 9.59 Å². The van der Waals surface area contributed by atoms with Crippen molar-refractivity contribution in [2.24, 2.45) is 0 Å². The molecular weight excluding hydrogens is 164 g/mol. The van der Waals surface area contributed by atoms with E-state index < -0.39 is 5.78 Å². The fraction of sp³-hybridized carbons (Fsp3) is 0.273. The maximum absolute atomic E-state index is 10.8. The molecule has 0 aliphatic heterocycles. The first-order chi connectivity index (χ1) is 6.26. The van der Waals surface area contributed by atoms with Crippen LogP contribution in [0.1, 0.15) is 20.8 Å². The summed E-state index contributed by atoms with van der Waals surface area (Å²) in [6.07, 6.45) is 6.51. The van der Waals surface area contributed by atoms with Crippen molar-refractivity contribution in [3.63, 3.8) is 0 Å². The minimum absolute atomic E-state index is 0.287. The molecule has 0 radical (unpaired) electrons. The number of aldehydes is 1. The lowest BCUT2D eigenvalue weighted by atomic mass is 10.1. The van der Waals surface area contributed by atoms with E-state index in [9.17, 15) is 9.59 Å². The minimum Gasteiger partial charge on any atom is -0.294 e. The van der Waals surface area contributed by atoms with Crippen molar-refractivity contribution in [2.45, 2.75) is 20.8 Å². The molecule has 0 fully saturated rings. The number of rotatable bonds is 4. The molecule has 0 aromatic carbocycles. The van der Waals surface area contributed by atoms with E-state index in [2.05, 4.69) is 6.58 Å². The van der Waals surface area contributed by atoms with Crippen LogP contribution in [0.15, 0.2) is 36.5 Å². The van der Waals surface area contributed by atoms with E-state index in [1.807, 2.05) is 13.8 Å². The zero-order chi connectivity index (χ0) is 10.7. The van der Waals surface area contributed by atoms with Gasteiger partial charge < -0.3 is 0 Å². The quantitative estimate of drug-likeness (QED) is 0.288. The van der Waals surface area contributed by atoms with Gasteiger partial charge in [-0.3, -0.25) is 9.59 Å². The van der Waals surface area contributed by atoms with Gasteiger partial charge in [0.2, 0.25) is 5.78 Å². The predicted octanol–water partition coefficient (Wildman–Crippen LogP) is 2.47. The van der Waals surface area contributed by atoms with Gasteiger partial charge in [-0.25, -0.2) is 0 Å². The second-order valence-electron chi connectivity index (χ2n) is 1.84. The summed E-state index contributed by atoms with van der Waals surface area (Å²) >= 11 is 0. The molecular formula is C11H16O2. The Hall–Kier alpha value is -1.44. The summed E-state index contributed by atoms with van der Waals surface area (Å²) in [4.78, 5) is 20.8. The van der Waals surface area contributed by atoms with Gasteiger partial charge in [0.15, 0.2) is 6.29 Å². The number of Topliss-reactive ketones (excluding diaryl/α,β-unsaturated/α-hetero) is 1. The van der Waals surface area contributed by atoms with Crippen molar-refractivity contribution in [3.05, 3.63) is 36.5 Å². The summed E-state index contributed by atoms with van der Waals surface area (Å²) < 4.78 is 0. The fourth-order valence-corrected chi connectivity index (χ4v) is 0.594. The summed E-state index contributed by atoms with van der Waals surface area (Å²) in [6, 6.07) is 0. The lowest BCUT2D eigenvalue weighted by molar-refractivity contribution is -0.127. The normalized spacial score (nSPS) is 10.2. The van der Waals surface area contributed by atoms with Crippen molar-refractivity contribution in [1.82, 2.24) is 0 Å². The van der Waals surface area contributed by atoms with Gasteiger partial charge in [0, 0.05) is 5.57 Å². The van der Waals surface area contributed by atoms with Crippen LogP contribution in [0.2, 0.25) is 0 Å². The molecule has 0 heterocycles. The molecule has 0 aromatic heterocycles. The van der Waals surface area contributed by atoms with Crippen LogP contribution in [-0.4, -0.2) is 12.1 Å². The van der Waals surface area contributed by atoms with Gasteiger partial charge in [0.05, 0.1) is 0 Å². The molecule has 0 aliphatic rings. The lowest BCUT2D eigenvalue weighted by Crippen LogP contribution is -2.00. The van der Waals surface area contributed by atoms with Gasteiger partial charge >= 0.3 is 0 Å². The molecule has 0 rings (SSSR count). The first-order valence-electron chi connectivity index (χ1n) is 4.21. The Kier molecular flexibility index (Phi) is 11.5. The van der Waals surface area contributed by atoms with Crippen molar-refractivity contribution in [2.75, 3.05) is 0 Å². The molecule has 0 amide bonds. The van der Waals surface area contributed by atoms with Gasteiger partial charge in [-0.15, -0.1) is 0 Å². The highest BCUT2D eigenvalue weighted by Gasteiger charge is 2.01. The minimum atomic E-state index is -0.525. The fourth-order valence-electron chi connectivity index (χ4n) is 0.594. The first kappa shape index (κ1) is 14.1. The second-order valence-corrected chi connectivity index (χ2v) is 1.84. The smallest absolute Gasteiger partial charge is 0.225 e. The maximum Gasteiger partial charge on any atom is 0.225 e. The zero-order valence-corrected chi connectivity index (χ0v) is 8.41. The van der Waals surface area contributed by atoms with Crippen molar-refractivity contribution < 1.29 is 9.59 Å². The second kappa shape index (κ2) is 10.6. The number of hydrogen-bond acceptors (Lipinski definition) is 2. The van der Waals surface area contributed by atoms with Crippen LogP contribution >= 0.6 is 0 Å². The SMILES string of the molecule is C=C/C=C(\C=C/C)C(=O)C=O.CC. The summed E-state index contributed by atoms with van der Waals surface area (Å²) in [6.45, 7) is 9.19. The van der Waals surface area contributed by atoms with E-state index in [1.165, 1.54) is 12.2 Å². The maximum atomic E-state index is 10.8. The Bertz CT molecular complexity index is 222. The molecule has 2 heteroatoms. The van der Waals surface area contributed by atoms with Gasteiger partial charge in [-0.05, 0) is 6.92 Å². The predicted molar refractivity (Wildman–Crippen MR) is 55.5 cm³/mol. The van der Waals surface area contributed by atoms with E-state index in [4.69, 9.17) is 0 Å². The molecule has 0 bridgehead atoms. The number of carbonyl (C=O) groups excluding carboxylic acids is 2. The molecule has 2 nitrogen and oxygen atoms in total. The van der Waals surface area contributed by atoms with Gasteiger partial charge in [0.25, 0.3) is 0 Å². The van der Waals surface area contributed by atoms with Crippen LogP contribution in [0.4, 0.5) is 0 Å². The molecule has 0 unspecified atom stereocenters. The molecule has 0 saturated heterocycles. The monoisotopic (exact) mass is 180 g/mol. The highest BCUT2D eigenvalue weighted by atomic mass is 16.2. The highest BCUT2D eigenvalue weighted by Crippen LogP contribution is 1.97. The Balaban J connectivity index is 0. The van der Waals surface area contributed by atoms with Gasteiger partial charge in [-0.1, -0.05) is 44.7 Å². The van der Waals surface area contributed by atoms with Crippen LogP contribution in [0.25, 0.3) is 0 Å². The van der Waals surface area contributed by atoms with Crippen LogP contribution < -0.4 is 0 Å². The highest BCUT2D eigenvalue weighted by molar-refractivity contribution is 6.34. The van der Waals surface area contributed by atoms with E-state index in [-0.39, 0.29) is 6.29 Å². The lowest BCUT2D eigenvalue weighted by Gasteiger charge is -1.89. The molecule has 13 heavy (non-hydrogen) atoms. The Morgan fingerprint density at radius 1 is 1.31 bits per heavy atom. The van der Waals surface area contributed by atoms with Crippen LogP contribution in [0, 0.1) is 0 Å². The topological polar surface area (TPSA) is 34.1 Å². The summed E-state index contributed by atoms with van der Waals surface area (Å²) in [5, 5.41) is 0. The van der Waals surface area contributed by atoms with Crippen LogP contribution in [0.5, 0.6) is 0 Å². The average molecular weight is 180 g/mol. The zero-order valence-electron chi connectivity index (χ0n) is 8.41. The van der Waals surface area contributed by atoms with Crippen molar-refractivity contribution >= 4 is 12.1 Å². The Labute approximate surface area is 79.6 Å². The summed E-state index contributed by atoms with van der Waals surface area (Å²) in [5.74, 6) is -0.525. The number of allylic oxidation sites excluding steroid dienone is 5. The largest absolute Gasteiger partial charge is 0.294 e. The third-order valence-corrected chi connectivity index (χ3v) is 1.04. The summed E-state index contributed by atoms with van der Waals surface area (Å²) in [5.41, 5.74) is 0.359. The molecule has 0 atom stereocenters. The van der Waals surface area contributed by atoms with E-state index >= 15 is 0 Å². The first-order valence-corrected chi connectivity index (χ1v) is 4.21. The van der Waals surface area contributed by atoms with Crippen molar-refractivity contribution in [3.8, 4) is 0 Å². The van der Waals surface area contributed by atoms with Gasteiger partial charge in [-0.2, -0.15) is 0 Å². The Morgan fingerprint density at radius 3 is 2.15 bits per heavy atom. The molecule has 0 spiro atoms. The molecule has 0 saturated carbocycles. The van der Waals surface area contributed by atoms with E-state index in [0.717, 1.165) is 0 Å². The van der Waals surface area contributed by atoms with Crippen molar-refractivity contribution in [1.29, 1.82) is 0 Å². The van der Waals surface area contributed by atoms with Crippen LogP contribution in [0.3, 0.4) is 0 Å². The molecule has 0 aliphatic carbocycles. The van der Waals surface area contributed by atoms with Gasteiger partial charge in [0.1, 0.15) is 0 Å². The summed E-state index contributed by atoms with van der Waals surface area (Å²) in [7, 11) is 0. The number of ketones is 1. The van der Waals surface area contributed by atoms with E-state index in [1.54, 1.807) is 19.1 Å². The molecule has 72 valence electrons. The third-order valence-electron chi connectivity index (χ3n) is 1.04. The van der Waals surface area contributed by atoms with E-state index in [0.29, 0.717) is 5.57 Å². The standard InChI is InChI=1S/C9H10O2.C2H6/c1-3-5-8(6-4-2)9(11)7-10;1-2/h3-7H,1H2,2H3;1-2H3/b6-4-,8-5+;. The molecule has 0 N–H and O–H groups in total. The number of hydrogen-bond donors (Lipinski definition) is 0. The number of carbonyl (C=O) groups is 2. The Morgan fingerprint density at radius 2 is 1.85 bits per heavy atom. The molecule has 0 aromatic rings.